The average Bonchev–Trinajstić information content (AvgIpc) is 3.40. The number of esters is 4. The van der Waals surface area contributed by atoms with Crippen LogP contribution >= 0.6 is 0 Å². The lowest BCUT2D eigenvalue weighted by molar-refractivity contribution is -0.296. The van der Waals surface area contributed by atoms with Gasteiger partial charge in [0.2, 0.25) is 18.0 Å². The van der Waals surface area contributed by atoms with Crippen LogP contribution in [0.15, 0.2) is 23.0 Å². The van der Waals surface area contributed by atoms with E-state index in [2.05, 4.69) is 0 Å². The third kappa shape index (κ3) is 5.63. The van der Waals surface area contributed by atoms with Crippen molar-refractivity contribution in [3.05, 3.63) is 23.0 Å². The molecule has 0 aromatic carbocycles. The molecule has 6 aliphatic rings. The van der Waals surface area contributed by atoms with Crippen molar-refractivity contribution in [2.24, 2.45) is 28.6 Å². The number of fused-ring (bicyclic) bond motifs is 2. The molecule has 300 valence electrons. The molecule has 6 N–H and O–H groups in total. The van der Waals surface area contributed by atoms with Crippen LogP contribution in [0.1, 0.15) is 54.4 Å². The van der Waals surface area contributed by atoms with Crippen LogP contribution in [-0.4, -0.2) is 147 Å². The summed E-state index contributed by atoms with van der Waals surface area (Å²) in [5, 5.41) is 64.8. The Hall–Kier alpha value is -3.49. The number of aliphatic hydroxyl groups excluding tert-OH is 6. The first-order valence-corrected chi connectivity index (χ1v) is 17.7. The maximum absolute atomic E-state index is 14.1. The summed E-state index contributed by atoms with van der Waals surface area (Å²) >= 11 is 0. The van der Waals surface area contributed by atoms with E-state index in [-0.39, 0.29) is 30.8 Å². The molecule has 3 heterocycles. The molecular formula is C36H48O18. The van der Waals surface area contributed by atoms with Gasteiger partial charge < -0.3 is 63.8 Å². The number of methoxy groups -OCH3 is 1. The zero-order valence-electron chi connectivity index (χ0n) is 30.9. The highest BCUT2D eigenvalue weighted by Crippen LogP contribution is 2.73. The minimum Gasteiger partial charge on any atom is -0.467 e. The largest absolute Gasteiger partial charge is 0.467 e. The van der Waals surface area contributed by atoms with Gasteiger partial charge in [0.1, 0.15) is 42.2 Å². The van der Waals surface area contributed by atoms with Gasteiger partial charge in [-0.2, -0.15) is 0 Å². The number of hydrogen-bond donors (Lipinski definition) is 6. The van der Waals surface area contributed by atoms with Gasteiger partial charge in [0.25, 0.3) is 0 Å². The lowest BCUT2D eigenvalue weighted by atomic mass is 9.38. The molecule has 1 spiro atoms. The van der Waals surface area contributed by atoms with Crippen molar-refractivity contribution in [3.8, 4) is 0 Å². The number of carbonyl (C=O) groups excluding carboxylic acids is 5. The van der Waals surface area contributed by atoms with E-state index in [9.17, 15) is 54.6 Å². The Morgan fingerprint density at radius 1 is 1.00 bits per heavy atom. The number of hydrogen-bond acceptors (Lipinski definition) is 18. The summed E-state index contributed by atoms with van der Waals surface area (Å²) in [6, 6.07) is 0. The van der Waals surface area contributed by atoms with Gasteiger partial charge in [-0.3, -0.25) is 9.59 Å². The minimum atomic E-state index is -2.41. The molecule has 15 unspecified atom stereocenters. The number of allylic oxidation sites excluding steroid dienone is 2. The Kier molecular flexibility index (Phi) is 10.1. The molecule has 5 fully saturated rings. The van der Waals surface area contributed by atoms with Crippen LogP contribution in [0.2, 0.25) is 0 Å². The third-order valence-corrected chi connectivity index (χ3v) is 12.8. The van der Waals surface area contributed by atoms with Crippen molar-refractivity contribution in [3.63, 3.8) is 0 Å². The molecule has 15 atom stereocenters. The van der Waals surface area contributed by atoms with Gasteiger partial charge in [0.05, 0.1) is 32.3 Å². The van der Waals surface area contributed by atoms with Crippen molar-refractivity contribution >= 4 is 29.7 Å². The van der Waals surface area contributed by atoms with E-state index in [1.165, 1.54) is 27.7 Å². The van der Waals surface area contributed by atoms with Crippen molar-refractivity contribution < 1.29 is 87.8 Å². The Labute approximate surface area is 309 Å². The lowest BCUT2D eigenvalue weighted by Gasteiger charge is -2.67. The molecular weight excluding hydrogens is 720 g/mol. The number of ether oxygens (including phenoxy) is 7. The van der Waals surface area contributed by atoms with Crippen molar-refractivity contribution in [1.29, 1.82) is 0 Å². The monoisotopic (exact) mass is 768 g/mol. The smallest absolute Gasteiger partial charge is 0.348 e. The van der Waals surface area contributed by atoms with E-state index in [1.807, 2.05) is 0 Å². The summed E-state index contributed by atoms with van der Waals surface area (Å²) in [7, 11) is 1.03. The second-order valence-electron chi connectivity index (χ2n) is 16.0. The van der Waals surface area contributed by atoms with E-state index in [0.717, 1.165) is 13.2 Å². The van der Waals surface area contributed by atoms with Crippen LogP contribution in [-0.2, 0) is 57.1 Å². The first kappa shape index (κ1) is 40.2. The summed E-state index contributed by atoms with van der Waals surface area (Å²) < 4.78 is 39.6. The van der Waals surface area contributed by atoms with Crippen LogP contribution in [0.25, 0.3) is 0 Å². The number of carbonyl (C=O) groups is 5. The van der Waals surface area contributed by atoms with E-state index in [0.29, 0.717) is 5.57 Å². The summed E-state index contributed by atoms with van der Waals surface area (Å²) in [6.07, 6.45) is -14.4. The second-order valence-corrected chi connectivity index (χ2v) is 16.0. The van der Waals surface area contributed by atoms with Crippen LogP contribution in [0.4, 0.5) is 0 Å². The molecule has 0 aromatic rings. The topological polar surface area (TPSA) is 271 Å². The van der Waals surface area contributed by atoms with Crippen LogP contribution in [0, 0.1) is 28.6 Å². The minimum absolute atomic E-state index is 0.0183. The fourth-order valence-corrected chi connectivity index (χ4v) is 10.2. The van der Waals surface area contributed by atoms with Crippen LogP contribution in [0.5, 0.6) is 0 Å². The molecule has 18 nitrogen and oxygen atoms in total. The quantitative estimate of drug-likeness (QED) is 0.0894. The molecule has 3 saturated heterocycles. The third-order valence-electron chi connectivity index (χ3n) is 12.8. The van der Waals surface area contributed by atoms with Gasteiger partial charge in [0.15, 0.2) is 11.5 Å². The lowest BCUT2D eigenvalue weighted by Crippen LogP contribution is -2.79. The summed E-state index contributed by atoms with van der Waals surface area (Å²) in [6.45, 7) is 7.94. The average molecular weight is 769 g/mol. The molecule has 0 amide bonds. The summed E-state index contributed by atoms with van der Waals surface area (Å²) in [5.74, 6) is -8.09. The van der Waals surface area contributed by atoms with Crippen molar-refractivity contribution in [2.75, 3.05) is 20.3 Å². The van der Waals surface area contributed by atoms with Crippen molar-refractivity contribution in [1.82, 2.24) is 0 Å². The van der Waals surface area contributed by atoms with Crippen LogP contribution in [0.3, 0.4) is 0 Å². The molecule has 2 saturated carbocycles. The molecule has 54 heavy (non-hydrogen) atoms. The van der Waals surface area contributed by atoms with E-state index in [4.69, 9.17) is 33.2 Å². The standard InChI is InChI=1S/C36H48O18/c1-13(33(4,5)54-15(3)38)8-20(40)52-26-28-35-12-49-36(28,32(47)48-7)29(45)24(44)27(35)34(6)10-17(39)25(14(2)16(34)9-19(35)51-30(26)46)53-31-23(43)22(42)21(41)18(11-37)50-31/h8,16,18-19,21-24,26-29,31,37,41-45H,9-12H2,1-7H3/b13-8+. The fourth-order valence-electron chi connectivity index (χ4n) is 10.2. The second kappa shape index (κ2) is 13.6. The van der Waals surface area contributed by atoms with Gasteiger partial charge in [-0.25, -0.2) is 14.4 Å². The molecule has 0 radical (unpaired) electrons. The maximum atomic E-state index is 14.1. The molecule has 0 aromatic heterocycles. The van der Waals surface area contributed by atoms with E-state index >= 15 is 0 Å². The fraction of sp³-hybridized carbons (Fsp3) is 0.750. The maximum Gasteiger partial charge on any atom is 0.348 e. The van der Waals surface area contributed by atoms with Gasteiger partial charge >= 0.3 is 23.9 Å². The molecule has 18 heteroatoms. The van der Waals surface area contributed by atoms with Crippen molar-refractivity contribution in [2.45, 2.75) is 121 Å². The first-order valence-electron chi connectivity index (χ1n) is 17.7. The van der Waals surface area contributed by atoms with Gasteiger partial charge in [-0.1, -0.05) is 6.92 Å². The normalized spacial score (nSPS) is 44.4. The predicted octanol–water partition coefficient (Wildman–Crippen LogP) is -1.90. The zero-order chi connectivity index (χ0) is 40.0. The van der Waals surface area contributed by atoms with Gasteiger partial charge in [0, 0.05) is 30.8 Å². The van der Waals surface area contributed by atoms with E-state index < -0.39 is 131 Å². The molecule has 6 rings (SSSR count). The molecule has 2 bridgehead atoms. The number of rotatable bonds is 8. The van der Waals surface area contributed by atoms with Gasteiger partial charge in [-0.05, 0) is 56.6 Å². The van der Waals surface area contributed by atoms with Crippen LogP contribution < -0.4 is 0 Å². The Balaban J connectivity index is 1.41. The number of Topliss-reactive ketones (excluding diaryl/α,β-unsaturated/α-hetero) is 1. The molecule has 3 aliphatic carbocycles. The zero-order valence-corrected chi connectivity index (χ0v) is 30.9. The highest BCUT2D eigenvalue weighted by Gasteiger charge is 2.85. The number of aliphatic hydroxyl groups is 6. The highest BCUT2D eigenvalue weighted by atomic mass is 16.7. The predicted molar refractivity (Wildman–Crippen MR) is 175 cm³/mol. The Morgan fingerprint density at radius 3 is 2.28 bits per heavy atom. The highest BCUT2D eigenvalue weighted by molar-refractivity contribution is 5.96. The van der Waals surface area contributed by atoms with E-state index in [1.54, 1.807) is 13.8 Å². The van der Waals surface area contributed by atoms with Gasteiger partial charge in [-0.15, -0.1) is 0 Å². The first-order chi connectivity index (χ1) is 25.1. The Bertz CT molecular complexity index is 1670. The number of ketones is 1. The Morgan fingerprint density at radius 2 is 1.67 bits per heavy atom. The molecule has 3 aliphatic heterocycles. The summed E-state index contributed by atoms with van der Waals surface area (Å²) in [4.78, 5) is 66.9. The summed E-state index contributed by atoms with van der Waals surface area (Å²) in [5.41, 5.74) is -5.89. The SMILES string of the molecule is COC(=O)C12OCC34C(CC5C(C)=C(OC6OC(CO)C(O)C(O)C6O)C(=O)CC5(C)C3C(O)C1O)OC(=O)C(OC(=O)/C=C(\C)C(C)(C)OC(C)=O)C24.